The molecule has 0 spiro atoms. The molecule has 1 aromatic rings. The quantitative estimate of drug-likeness (QED) is 0.434. The Kier molecular flexibility index (Phi) is 5.68. The van der Waals surface area contributed by atoms with Gasteiger partial charge in [-0.3, -0.25) is 9.59 Å². The van der Waals surface area contributed by atoms with Crippen molar-refractivity contribution in [2.24, 2.45) is 11.3 Å². The molecule has 2 aliphatic carbocycles. The molecule has 0 saturated carbocycles. The van der Waals surface area contributed by atoms with Crippen molar-refractivity contribution in [1.29, 1.82) is 0 Å². The molecular formula is C24H26O4. The fraction of sp³-hybridized carbons (Fsp3) is 0.333. The van der Waals surface area contributed by atoms with Gasteiger partial charge >= 0.3 is 11.9 Å². The molecule has 0 saturated heterocycles. The van der Waals surface area contributed by atoms with E-state index in [2.05, 4.69) is 18.2 Å². The van der Waals surface area contributed by atoms with Crippen LogP contribution in [0, 0.1) is 11.3 Å². The number of ether oxygens (including phenoxy) is 2. The van der Waals surface area contributed by atoms with Crippen LogP contribution in [0.2, 0.25) is 0 Å². The minimum atomic E-state index is -1.11. The number of carbonyl (C=O) groups excluding carboxylic acids is 2. The molecule has 1 aromatic carbocycles. The highest BCUT2D eigenvalue weighted by molar-refractivity contribution is 6.02. The van der Waals surface area contributed by atoms with Gasteiger partial charge in [0.15, 0.2) is 5.92 Å². The standard InChI is InChI=1S/C24H26O4/c1-5-13-24(4)14-12-18-17-11-9-8-10-16(17)15-19(18)21(24)20(22(25)27-6-2)23(26)28-7-3/h5,8-15,20H,6-7H2,1-4H3. The molecule has 4 heteroatoms. The van der Waals surface area contributed by atoms with Gasteiger partial charge in [-0.15, -0.1) is 0 Å². The number of esters is 2. The van der Waals surface area contributed by atoms with Gasteiger partial charge in [-0.2, -0.15) is 0 Å². The smallest absolute Gasteiger partial charge is 0.324 e. The van der Waals surface area contributed by atoms with Crippen LogP contribution in [-0.2, 0) is 19.1 Å². The molecule has 3 rings (SSSR count). The molecule has 0 aromatic heterocycles. The van der Waals surface area contributed by atoms with E-state index in [0.717, 1.165) is 21.6 Å². The maximum absolute atomic E-state index is 12.9. The second kappa shape index (κ2) is 8.01. The summed E-state index contributed by atoms with van der Waals surface area (Å²) in [6, 6.07) is 8.06. The van der Waals surface area contributed by atoms with Crippen molar-refractivity contribution >= 4 is 23.6 Å². The van der Waals surface area contributed by atoms with E-state index in [9.17, 15) is 9.59 Å². The van der Waals surface area contributed by atoms with Crippen LogP contribution in [-0.4, -0.2) is 25.2 Å². The molecule has 2 aliphatic rings. The van der Waals surface area contributed by atoms with Crippen molar-refractivity contribution < 1.29 is 19.1 Å². The first-order valence-corrected chi connectivity index (χ1v) is 9.69. The minimum Gasteiger partial charge on any atom is -0.465 e. The third kappa shape index (κ3) is 3.35. The maximum atomic E-state index is 12.9. The maximum Gasteiger partial charge on any atom is 0.324 e. The summed E-state index contributed by atoms with van der Waals surface area (Å²) in [5, 5.41) is 2.17. The van der Waals surface area contributed by atoms with Gasteiger partial charge in [-0.1, -0.05) is 48.6 Å². The number of hydrogen-bond donors (Lipinski definition) is 0. The molecule has 146 valence electrons. The van der Waals surface area contributed by atoms with Gasteiger partial charge in [0, 0.05) is 5.41 Å². The van der Waals surface area contributed by atoms with E-state index < -0.39 is 23.3 Å². The van der Waals surface area contributed by atoms with E-state index >= 15 is 0 Å². The van der Waals surface area contributed by atoms with Crippen molar-refractivity contribution in [2.45, 2.75) is 27.7 Å². The zero-order chi connectivity index (χ0) is 20.3. The molecule has 0 radical (unpaired) electrons. The van der Waals surface area contributed by atoms with Crippen LogP contribution in [0.25, 0.3) is 11.6 Å². The van der Waals surface area contributed by atoms with Crippen LogP contribution in [0.1, 0.15) is 27.7 Å². The monoisotopic (exact) mass is 378 g/mol. The van der Waals surface area contributed by atoms with Crippen molar-refractivity contribution in [3.8, 4) is 0 Å². The van der Waals surface area contributed by atoms with Crippen LogP contribution >= 0.6 is 0 Å². The first-order valence-electron chi connectivity index (χ1n) is 9.69. The molecule has 0 aliphatic heterocycles. The highest BCUT2D eigenvalue weighted by atomic mass is 16.6. The molecular weight excluding hydrogens is 352 g/mol. The lowest BCUT2D eigenvalue weighted by molar-refractivity contribution is -0.159. The Morgan fingerprint density at radius 2 is 1.71 bits per heavy atom. The average molecular weight is 378 g/mol. The summed E-state index contributed by atoms with van der Waals surface area (Å²) >= 11 is 0. The van der Waals surface area contributed by atoms with E-state index in [1.54, 1.807) is 13.8 Å². The molecule has 0 bridgehead atoms. The van der Waals surface area contributed by atoms with Gasteiger partial charge in [-0.25, -0.2) is 0 Å². The summed E-state index contributed by atoms with van der Waals surface area (Å²) in [5.74, 6) is -2.25. The van der Waals surface area contributed by atoms with E-state index in [-0.39, 0.29) is 13.2 Å². The lowest BCUT2D eigenvalue weighted by Gasteiger charge is -2.34. The van der Waals surface area contributed by atoms with Crippen molar-refractivity contribution in [2.75, 3.05) is 13.2 Å². The largest absolute Gasteiger partial charge is 0.465 e. The average Bonchev–Trinajstić information content (AvgIpc) is 3.03. The summed E-state index contributed by atoms with van der Waals surface area (Å²) in [7, 11) is 0. The Bertz CT molecular complexity index is 991. The van der Waals surface area contributed by atoms with Gasteiger partial charge in [0.05, 0.1) is 13.2 Å². The zero-order valence-electron chi connectivity index (χ0n) is 16.8. The molecule has 1 atom stereocenters. The van der Waals surface area contributed by atoms with Gasteiger partial charge in [0.2, 0.25) is 0 Å². The van der Waals surface area contributed by atoms with Crippen LogP contribution in [0.4, 0.5) is 0 Å². The molecule has 4 nitrogen and oxygen atoms in total. The normalized spacial score (nSPS) is 20.2. The lowest BCUT2D eigenvalue weighted by Crippen LogP contribution is -2.37. The molecule has 1 unspecified atom stereocenters. The summed E-state index contributed by atoms with van der Waals surface area (Å²) in [6.07, 6.45) is 10.1. The summed E-state index contributed by atoms with van der Waals surface area (Å²) < 4.78 is 10.6. The highest BCUT2D eigenvalue weighted by Crippen LogP contribution is 2.45. The van der Waals surface area contributed by atoms with Crippen molar-refractivity contribution in [1.82, 2.24) is 0 Å². The number of rotatable bonds is 6. The minimum absolute atomic E-state index is 0.202. The molecule has 0 amide bonds. The molecule has 0 fully saturated rings. The van der Waals surface area contributed by atoms with Crippen LogP contribution < -0.4 is 10.4 Å². The Balaban J connectivity index is 2.31. The number of allylic oxidation sites excluding steroid dienone is 5. The van der Waals surface area contributed by atoms with E-state index in [4.69, 9.17) is 9.47 Å². The highest BCUT2D eigenvalue weighted by Gasteiger charge is 2.44. The number of fused-ring (bicyclic) bond motifs is 2. The first-order chi connectivity index (χ1) is 13.5. The second-order valence-corrected chi connectivity index (χ2v) is 7.03. The van der Waals surface area contributed by atoms with Gasteiger partial charge in [0.25, 0.3) is 0 Å². The topological polar surface area (TPSA) is 52.6 Å². The molecule has 0 N–H and O–H groups in total. The summed E-state index contributed by atoms with van der Waals surface area (Å²) in [4.78, 5) is 25.8. The van der Waals surface area contributed by atoms with Crippen LogP contribution in [0.15, 0.2) is 59.7 Å². The van der Waals surface area contributed by atoms with E-state index in [0.29, 0.717) is 5.57 Å². The van der Waals surface area contributed by atoms with E-state index in [1.807, 2.05) is 50.3 Å². The number of hydrogen-bond acceptors (Lipinski definition) is 4. The van der Waals surface area contributed by atoms with Gasteiger partial charge < -0.3 is 9.47 Å². The van der Waals surface area contributed by atoms with Crippen LogP contribution in [0.3, 0.4) is 0 Å². The summed E-state index contributed by atoms with van der Waals surface area (Å²) in [5.41, 5.74) is 2.02. The first kappa shape index (κ1) is 19.9. The Morgan fingerprint density at radius 1 is 1.07 bits per heavy atom. The van der Waals surface area contributed by atoms with E-state index in [1.165, 1.54) is 0 Å². The Morgan fingerprint density at radius 3 is 2.32 bits per heavy atom. The fourth-order valence-electron chi connectivity index (χ4n) is 4.03. The second-order valence-electron chi connectivity index (χ2n) is 7.03. The lowest BCUT2D eigenvalue weighted by atomic mass is 9.69. The summed E-state index contributed by atoms with van der Waals surface area (Å²) in [6.45, 7) is 7.81. The predicted molar refractivity (Wildman–Crippen MR) is 109 cm³/mol. The van der Waals surface area contributed by atoms with Crippen molar-refractivity contribution in [3.05, 3.63) is 70.2 Å². The SMILES string of the molecule is CC=CC1(C)C=CC2=c3ccccc3=CC2=C1C(C(=O)OCC)C(=O)OCC. The third-order valence-electron chi connectivity index (χ3n) is 5.15. The Labute approximate surface area is 165 Å². The number of benzene rings is 1. The van der Waals surface area contributed by atoms with Gasteiger partial charge in [-0.05, 0) is 60.9 Å². The molecule has 0 heterocycles. The Hall–Kier alpha value is -2.88. The zero-order valence-corrected chi connectivity index (χ0v) is 16.8. The molecule has 28 heavy (non-hydrogen) atoms. The fourth-order valence-corrected chi connectivity index (χ4v) is 4.03. The van der Waals surface area contributed by atoms with Crippen LogP contribution in [0.5, 0.6) is 0 Å². The van der Waals surface area contributed by atoms with Gasteiger partial charge in [0.1, 0.15) is 0 Å². The van der Waals surface area contributed by atoms with Crippen molar-refractivity contribution in [3.63, 3.8) is 0 Å². The predicted octanol–water partition coefficient (Wildman–Crippen LogP) is 2.82. The number of carbonyl (C=O) groups is 2. The third-order valence-corrected chi connectivity index (χ3v) is 5.15.